The molecule has 120 valence electrons. The quantitative estimate of drug-likeness (QED) is 0.870. The molecule has 0 saturated carbocycles. The van der Waals surface area contributed by atoms with Gasteiger partial charge < -0.3 is 14.7 Å². The van der Waals surface area contributed by atoms with Gasteiger partial charge in [-0.3, -0.25) is 4.79 Å². The van der Waals surface area contributed by atoms with Crippen molar-refractivity contribution >= 4 is 23.2 Å². The van der Waals surface area contributed by atoms with Crippen molar-refractivity contribution in [3.05, 3.63) is 57.3 Å². The molecule has 1 amide bonds. The average Bonchev–Trinajstić information content (AvgIpc) is 3.07. The lowest BCUT2D eigenvalue weighted by molar-refractivity contribution is -0.135. The number of rotatable bonds is 4. The van der Waals surface area contributed by atoms with E-state index in [0.717, 1.165) is 12.0 Å². The van der Waals surface area contributed by atoms with E-state index in [0.29, 0.717) is 18.7 Å². The van der Waals surface area contributed by atoms with Crippen LogP contribution in [0.15, 0.2) is 35.7 Å². The maximum Gasteiger partial charge on any atom is 0.338 e. The first kappa shape index (κ1) is 15.7. The molecule has 0 aliphatic carbocycles. The summed E-state index contributed by atoms with van der Waals surface area (Å²) < 4.78 is 5.10. The first-order valence-electron chi connectivity index (χ1n) is 7.37. The van der Waals surface area contributed by atoms with Gasteiger partial charge in [-0.05, 0) is 41.1 Å². The van der Waals surface area contributed by atoms with Crippen molar-refractivity contribution in [1.29, 1.82) is 0 Å². The molecule has 1 aromatic carbocycles. The molecule has 1 aromatic heterocycles. The molecule has 5 nitrogen and oxygen atoms in total. The van der Waals surface area contributed by atoms with Crippen molar-refractivity contribution in [1.82, 2.24) is 4.90 Å². The molecule has 0 fully saturated rings. The zero-order valence-corrected chi connectivity index (χ0v) is 13.3. The van der Waals surface area contributed by atoms with E-state index in [2.05, 4.69) is 0 Å². The number of esters is 1. The number of fused-ring (bicyclic) bond motifs is 1. The predicted molar refractivity (Wildman–Crippen MR) is 86.1 cm³/mol. The Balaban J connectivity index is 1.53. The summed E-state index contributed by atoms with van der Waals surface area (Å²) in [6.45, 7) is 0.920. The van der Waals surface area contributed by atoms with Crippen LogP contribution in [0, 0.1) is 0 Å². The highest BCUT2D eigenvalue weighted by molar-refractivity contribution is 7.10. The Morgan fingerprint density at radius 1 is 1.22 bits per heavy atom. The van der Waals surface area contributed by atoms with Gasteiger partial charge in [0.2, 0.25) is 0 Å². The summed E-state index contributed by atoms with van der Waals surface area (Å²) in [5.74, 6) is -0.710. The number of thiophene rings is 1. The number of hydrogen-bond acceptors (Lipinski definition) is 5. The Kier molecular flexibility index (Phi) is 4.73. The van der Waals surface area contributed by atoms with E-state index in [1.54, 1.807) is 40.5 Å². The van der Waals surface area contributed by atoms with E-state index in [1.165, 1.54) is 10.4 Å². The monoisotopic (exact) mass is 331 g/mol. The topological polar surface area (TPSA) is 66.8 Å². The van der Waals surface area contributed by atoms with E-state index in [9.17, 15) is 9.59 Å². The minimum Gasteiger partial charge on any atom is -0.452 e. The number of amides is 1. The number of carbonyl (C=O) groups excluding carboxylic acids is 2. The molecule has 1 aliphatic heterocycles. The molecule has 0 atom stereocenters. The van der Waals surface area contributed by atoms with Crippen LogP contribution in [-0.4, -0.2) is 35.0 Å². The van der Waals surface area contributed by atoms with Crippen LogP contribution in [0.25, 0.3) is 0 Å². The molecule has 23 heavy (non-hydrogen) atoms. The zero-order chi connectivity index (χ0) is 16.2. The largest absolute Gasteiger partial charge is 0.452 e. The van der Waals surface area contributed by atoms with Crippen LogP contribution in [0.4, 0.5) is 0 Å². The second-order valence-electron chi connectivity index (χ2n) is 5.37. The Bertz CT molecular complexity index is 708. The molecule has 0 saturated heterocycles. The summed E-state index contributed by atoms with van der Waals surface area (Å²) in [6.07, 6.45) is 0.856. The van der Waals surface area contributed by atoms with Gasteiger partial charge in [-0.25, -0.2) is 4.79 Å². The molecule has 3 rings (SSSR count). The van der Waals surface area contributed by atoms with Gasteiger partial charge >= 0.3 is 5.97 Å². The lowest BCUT2D eigenvalue weighted by atomic mass is 10.1. The summed E-state index contributed by atoms with van der Waals surface area (Å²) in [6, 6.07) is 8.50. The molecule has 2 heterocycles. The fraction of sp³-hybridized carbons (Fsp3) is 0.294. The van der Waals surface area contributed by atoms with E-state index in [4.69, 9.17) is 9.84 Å². The van der Waals surface area contributed by atoms with Crippen LogP contribution in [0.5, 0.6) is 0 Å². The lowest BCUT2D eigenvalue weighted by Crippen LogP contribution is -2.38. The van der Waals surface area contributed by atoms with Crippen molar-refractivity contribution < 1.29 is 19.4 Å². The second-order valence-corrected chi connectivity index (χ2v) is 6.37. The number of ether oxygens (including phenoxy) is 1. The smallest absolute Gasteiger partial charge is 0.338 e. The summed E-state index contributed by atoms with van der Waals surface area (Å²) in [4.78, 5) is 27.2. The molecule has 2 aromatic rings. The highest BCUT2D eigenvalue weighted by Gasteiger charge is 2.22. The average molecular weight is 331 g/mol. The molecular formula is C17H17NO4S. The van der Waals surface area contributed by atoms with Gasteiger partial charge in [-0.15, -0.1) is 11.3 Å². The SMILES string of the molecule is O=C(OCC(=O)N1CCc2sccc2C1)c1ccc(CO)cc1. The van der Waals surface area contributed by atoms with Gasteiger partial charge in [0.15, 0.2) is 6.61 Å². The molecule has 6 heteroatoms. The minimum absolute atomic E-state index is 0.0760. The van der Waals surface area contributed by atoms with Gasteiger partial charge in [-0.1, -0.05) is 12.1 Å². The number of aliphatic hydroxyl groups is 1. The third kappa shape index (κ3) is 3.60. The van der Waals surface area contributed by atoms with E-state index in [-0.39, 0.29) is 19.1 Å². The fourth-order valence-electron chi connectivity index (χ4n) is 2.51. The first-order chi connectivity index (χ1) is 11.2. The van der Waals surface area contributed by atoms with E-state index >= 15 is 0 Å². The highest BCUT2D eigenvalue weighted by atomic mass is 32.1. The molecular weight excluding hydrogens is 314 g/mol. The van der Waals surface area contributed by atoms with Gasteiger partial charge in [0.1, 0.15) is 0 Å². The molecule has 1 N–H and O–H groups in total. The standard InChI is InChI=1S/C17H17NO4S/c19-10-12-1-3-13(4-2-12)17(21)22-11-16(20)18-7-5-15-14(9-18)6-8-23-15/h1-4,6,8,19H,5,7,9-11H2. The van der Waals surface area contributed by atoms with Gasteiger partial charge in [0.05, 0.1) is 12.2 Å². The van der Waals surface area contributed by atoms with Crippen molar-refractivity contribution in [3.63, 3.8) is 0 Å². The summed E-state index contributed by atoms with van der Waals surface area (Å²) >= 11 is 1.72. The number of benzene rings is 1. The third-order valence-electron chi connectivity index (χ3n) is 3.86. The van der Waals surface area contributed by atoms with Crippen molar-refractivity contribution in [2.24, 2.45) is 0 Å². The molecule has 0 radical (unpaired) electrons. The Morgan fingerprint density at radius 2 is 2.00 bits per heavy atom. The zero-order valence-electron chi connectivity index (χ0n) is 12.5. The van der Waals surface area contributed by atoms with Crippen molar-refractivity contribution in [2.75, 3.05) is 13.2 Å². The van der Waals surface area contributed by atoms with Gasteiger partial charge in [0, 0.05) is 18.0 Å². The number of nitrogens with zero attached hydrogens (tertiary/aromatic N) is 1. The van der Waals surface area contributed by atoms with Crippen LogP contribution in [-0.2, 0) is 29.1 Å². The van der Waals surface area contributed by atoms with E-state index in [1.807, 2.05) is 11.4 Å². The van der Waals surface area contributed by atoms with Gasteiger partial charge in [-0.2, -0.15) is 0 Å². The third-order valence-corrected chi connectivity index (χ3v) is 4.88. The minimum atomic E-state index is -0.531. The van der Waals surface area contributed by atoms with E-state index < -0.39 is 5.97 Å². The second kappa shape index (κ2) is 6.93. The lowest BCUT2D eigenvalue weighted by Gasteiger charge is -2.26. The normalized spacial score (nSPS) is 13.5. The van der Waals surface area contributed by atoms with Crippen LogP contribution >= 0.6 is 11.3 Å². The summed E-state index contributed by atoms with van der Waals surface area (Å²) in [5.41, 5.74) is 2.27. The number of aliphatic hydroxyl groups excluding tert-OH is 1. The summed E-state index contributed by atoms with van der Waals surface area (Å²) in [5, 5.41) is 11.0. The maximum atomic E-state index is 12.2. The van der Waals surface area contributed by atoms with Crippen molar-refractivity contribution in [3.8, 4) is 0 Å². The molecule has 0 bridgehead atoms. The molecule has 0 spiro atoms. The number of carbonyl (C=O) groups is 2. The first-order valence-corrected chi connectivity index (χ1v) is 8.25. The predicted octanol–water partition coefficient (Wildman–Crippen LogP) is 1.98. The fourth-order valence-corrected chi connectivity index (χ4v) is 3.40. The van der Waals surface area contributed by atoms with Crippen LogP contribution in [0.1, 0.15) is 26.4 Å². The summed E-state index contributed by atoms with van der Waals surface area (Å²) in [7, 11) is 0. The maximum absolute atomic E-state index is 12.2. The molecule has 1 aliphatic rings. The van der Waals surface area contributed by atoms with Crippen molar-refractivity contribution in [2.45, 2.75) is 19.6 Å². The van der Waals surface area contributed by atoms with Crippen LogP contribution < -0.4 is 0 Å². The molecule has 0 unspecified atom stereocenters. The Hall–Kier alpha value is -2.18. The Labute approximate surface area is 138 Å². The number of hydrogen-bond donors (Lipinski definition) is 1. The van der Waals surface area contributed by atoms with Crippen LogP contribution in [0.2, 0.25) is 0 Å². The Morgan fingerprint density at radius 3 is 2.74 bits per heavy atom. The van der Waals surface area contributed by atoms with Gasteiger partial charge in [0.25, 0.3) is 5.91 Å². The van der Waals surface area contributed by atoms with Crippen LogP contribution in [0.3, 0.4) is 0 Å². The highest BCUT2D eigenvalue weighted by Crippen LogP contribution is 2.24.